The maximum absolute atomic E-state index is 13.5. The van der Waals surface area contributed by atoms with Crippen LogP contribution < -0.4 is 15.6 Å². The molecule has 8 nitrogen and oxygen atoms in total. The van der Waals surface area contributed by atoms with E-state index < -0.39 is 11.6 Å². The van der Waals surface area contributed by atoms with Crippen molar-refractivity contribution in [2.24, 2.45) is 4.99 Å². The monoisotopic (exact) mass is 545 g/mol. The molecule has 0 spiro atoms. The van der Waals surface area contributed by atoms with Crippen LogP contribution >= 0.6 is 15.9 Å². The smallest absolute Gasteiger partial charge is 0.266 e. The van der Waals surface area contributed by atoms with Crippen LogP contribution in [0, 0.1) is 0 Å². The number of aliphatic hydroxyl groups is 1. The molecule has 0 aromatic heterocycles. The SMILES string of the molecule is C=CC[C@]1(C(=O)NNCCCOC)N=C(c2ccc(OCCCO)cc2)O[C@H]1c1ccc(Br)cc1. The minimum absolute atomic E-state index is 0.0782. The van der Waals surface area contributed by atoms with Gasteiger partial charge in [0, 0.05) is 49.7 Å². The molecule has 0 fully saturated rings. The zero-order chi connectivity index (χ0) is 25.1. The number of aliphatic hydroxyl groups excluding tert-OH is 1. The minimum atomic E-state index is -1.24. The minimum Gasteiger partial charge on any atom is -0.494 e. The predicted molar refractivity (Wildman–Crippen MR) is 138 cm³/mol. The lowest BCUT2D eigenvalue weighted by atomic mass is 9.84. The standard InChI is InChI=1S/C26H32BrN3O5/c1-3-14-26(25(32)30-28-15-4-17-33-2)23(19-6-10-21(27)11-7-19)35-24(29-26)20-8-12-22(13-9-20)34-18-5-16-31/h3,6-13,23,28,31H,1,4-5,14-18H2,2H3,(H,30,32)/t23-,26-/m0/s1. The Morgan fingerprint density at radius 1 is 1.20 bits per heavy atom. The summed E-state index contributed by atoms with van der Waals surface area (Å²) < 4.78 is 18.0. The van der Waals surface area contributed by atoms with E-state index in [-0.39, 0.29) is 18.9 Å². The molecule has 0 radical (unpaired) electrons. The van der Waals surface area contributed by atoms with E-state index in [1.54, 1.807) is 13.2 Å². The summed E-state index contributed by atoms with van der Waals surface area (Å²) in [6, 6.07) is 15.0. The van der Waals surface area contributed by atoms with Crippen molar-refractivity contribution in [2.45, 2.75) is 30.9 Å². The Morgan fingerprint density at radius 3 is 2.60 bits per heavy atom. The number of nitrogens with one attached hydrogen (secondary N) is 2. The molecule has 0 unspecified atom stereocenters. The number of hydrazine groups is 1. The summed E-state index contributed by atoms with van der Waals surface area (Å²) in [6.45, 7) is 5.53. The second-order valence-corrected chi connectivity index (χ2v) is 8.98. The van der Waals surface area contributed by atoms with Crippen molar-refractivity contribution in [2.75, 3.05) is 33.5 Å². The highest BCUT2D eigenvalue weighted by atomic mass is 79.9. The van der Waals surface area contributed by atoms with Crippen LogP contribution in [-0.4, -0.2) is 55.9 Å². The third-order valence-electron chi connectivity index (χ3n) is 5.51. The number of ether oxygens (including phenoxy) is 3. The van der Waals surface area contributed by atoms with Crippen molar-refractivity contribution in [3.05, 3.63) is 76.8 Å². The van der Waals surface area contributed by atoms with Gasteiger partial charge in [0.1, 0.15) is 5.75 Å². The predicted octanol–water partition coefficient (Wildman–Crippen LogP) is 3.70. The number of carbonyl (C=O) groups excluding carboxylic acids is 1. The van der Waals surface area contributed by atoms with Gasteiger partial charge >= 0.3 is 0 Å². The van der Waals surface area contributed by atoms with Gasteiger partial charge in [-0.05, 0) is 48.4 Å². The van der Waals surface area contributed by atoms with Crippen molar-refractivity contribution in [3.63, 3.8) is 0 Å². The number of hydrogen-bond acceptors (Lipinski definition) is 7. The van der Waals surface area contributed by atoms with Gasteiger partial charge in [0.05, 0.1) is 6.61 Å². The highest BCUT2D eigenvalue weighted by molar-refractivity contribution is 9.10. The summed E-state index contributed by atoms with van der Waals surface area (Å²) in [5.41, 5.74) is 6.08. The van der Waals surface area contributed by atoms with Crippen LogP contribution in [0.2, 0.25) is 0 Å². The van der Waals surface area contributed by atoms with Gasteiger partial charge in [0.15, 0.2) is 11.6 Å². The molecule has 3 rings (SSSR count). The van der Waals surface area contributed by atoms with E-state index in [1.165, 1.54) is 0 Å². The van der Waals surface area contributed by atoms with Gasteiger partial charge in [-0.3, -0.25) is 10.2 Å². The topological polar surface area (TPSA) is 101 Å². The molecule has 1 amide bonds. The first kappa shape index (κ1) is 26.9. The Labute approximate surface area is 214 Å². The lowest BCUT2D eigenvalue weighted by Crippen LogP contribution is -2.52. The molecule has 2 aromatic rings. The molecule has 9 heteroatoms. The number of hydrogen-bond donors (Lipinski definition) is 3. The third kappa shape index (κ3) is 6.91. The fraction of sp³-hybridized carbons (Fsp3) is 0.385. The number of amides is 1. The summed E-state index contributed by atoms with van der Waals surface area (Å²) in [4.78, 5) is 18.4. The lowest BCUT2D eigenvalue weighted by molar-refractivity contribution is -0.129. The summed E-state index contributed by atoms with van der Waals surface area (Å²) in [7, 11) is 1.64. The quantitative estimate of drug-likeness (QED) is 0.190. The van der Waals surface area contributed by atoms with Crippen molar-refractivity contribution < 1.29 is 24.1 Å². The normalized spacial score (nSPS) is 19.1. The largest absolute Gasteiger partial charge is 0.494 e. The van der Waals surface area contributed by atoms with Gasteiger partial charge in [0.2, 0.25) is 5.90 Å². The zero-order valence-electron chi connectivity index (χ0n) is 19.8. The first-order chi connectivity index (χ1) is 17.0. The average Bonchev–Trinajstić information content (AvgIpc) is 3.25. The van der Waals surface area contributed by atoms with Crippen LogP contribution in [0.3, 0.4) is 0 Å². The molecule has 1 heterocycles. The van der Waals surface area contributed by atoms with E-state index in [0.29, 0.717) is 37.8 Å². The number of carbonyl (C=O) groups is 1. The second kappa shape index (κ2) is 13.4. The number of nitrogens with zero attached hydrogens (tertiary/aromatic N) is 1. The van der Waals surface area contributed by atoms with Crippen molar-refractivity contribution >= 4 is 27.7 Å². The maximum Gasteiger partial charge on any atom is 0.266 e. The van der Waals surface area contributed by atoms with Crippen LogP contribution in [0.1, 0.15) is 36.5 Å². The van der Waals surface area contributed by atoms with Crippen LogP contribution in [-0.2, 0) is 14.3 Å². The Morgan fingerprint density at radius 2 is 1.94 bits per heavy atom. The van der Waals surface area contributed by atoms with E-state index in [9.17, 15) is 4.79 Å². The molecule has 2 atom stereocenters. The highest BCUT2D eigenvalue weighted by Crippen LogP contribution is 2.42. The van der Waals surface area contributed by atoms with Crippen molar-refractivity contribution in [1.29, 1.82) is 0 Å². The number of rotatable bonds is 14. The number of halogens is 1. The molecular formula is C26H32BrN3O5. The summed E-state index contributed by atoms with van der Waals surface area (Å²) in [6.07, 6.45) is 2.63. The molecule has 1 aliphatic rings. The van der Waals surface area contributed by atoms with Gasteiger partial charge < -0.3 is 19.3 Å². The highest BCUT2D eigenvalue weighted by Gasteiger charge is 2.52. The fourth-order valence-electron chi connectivity index (χ4n) is 3.73. The van der Waals surface area contributed by atoms with Crippen LogP contribution in [0.15, 0.2) is 70.7 Å². The van der Waals surface area contributed by atoms with Gasteiger partial charge in [-0.25, -0.2) is 10.4 Å². The van der Waals surface area contributed by atoms with Gasteiger partial charge in [-0.2, -0.15) is 0 Å². The molecule has 0 saturated carbocycles. The van der Waals surface area contributed by atoms with Crippen molar-refractivity contribution in [1.82, 2.24) is 10.9 Å². The Bertz CT molecular complexity index is 997. The van der Waals surface area contributed by atoms with E-state index in [0.717, 1.165) is 22.0 Å². The first-order valence-corrected chi connectivity index (χ1v) is 12.3. The van der Waals surface area contributed by atoms with Gasteiger partial charge in [-0.15, -0.1) is 6.58 Å². The maximum atomic E-state index is 13.5. The molecule has 35 heavy (non-hydrogen) atoms. The number of methoxy groups -OCH3 is 1. The molecule has 1 aliphatic heterocycles. The number of aliphatic imine (C=N–C) groups is 1. The molecule has 0 bridgehead atoms. The second-order valence-electron chi connectivity index (χ2n) is 8.06. The van der Waals surface area contributed by atoms with Crippen LogP contribution in [0.25, 0.3) is 0 Å². The molecule has 188 valence electrons. The van der Waals surface area contributed by atoms with E-state index in [2.05, 4.69) is 33.4 Å². The van der Waals surface area contributed by atoms with Gasteiger partial charge in [0.25, 0.3) is 5.91 Å². The summed E-state index contributed by atoms with van der Waals surface area (Å²) in [5.74, 6) is 0.749. The van der Waals surface area contributed by atoms with Crippen LogP contribution in [0.5, 0.6) is 5.75 Å². The lowest BCUT2D eigenvalue weighted by Gasteiger charge is -2.29. The molecular weight excluding hydrogens is 514 g/mol. The van der Waals surface area contributed by atoms with Crippen LogP contribution in [0.4, 0.5) is 0 Å². The molecule has 0 aliphatic carbocycles. The molecule has 2 aromatic carbocycles. The average molecular weight is 546 g/mol. The summed E-state index contributed by atoms with van der Waals surface area (Å²) in [5, 5.41) is 8.93. The fourth-order valence-corrected chi connectivity index (χ4v) is 3.99. The zero-order valence-corrected chi connectivity index (χ0v) is 21.4. The molecule has 0 saturated heterocycles. The number of benzene rings is 2. The van der Waals surface area contributed by atoms with E-state index >= 15 is 0 Å². The Kier molecular flexibility index (Phi) is 10.3. The Balaban J connectivity index is 1.89. The summed E-state index contributed by atoms with van der Waals surface area (Å²) >= 11 is 3.46. The molecule has 3 N–H and O–H groups in total. The van der Waals surface area contributed by atoms with E-state index in [1.807, 2.05) is 48.5 Å². The van der Waals surface area contributed by atoms with Crippen molar-refractivity contribution in [3.8, 4) is 5.75 Å². The van der Waals surface area contributed by atoms with Gasteiger partial charge in [-0.1, -0.05) is 34.1 Å². The first-order valence-electron chi connectivity index (χ1n) is 11.5. The third-order valence-corrected chi connectivity index (χ3v) is 6.04. The van der Waals surface area contributed by atoms with E-state index in [4.69, 9.17) is 24.3 Å². The Hall–Kier alpha value is -2.72.